The Bertz CT molecular complexity index is 1250. The van der Waals surface area contributed by atoms with Crippen LogP contribution in [0.2, 0.25) is 10.3 Å². The number of halogens is 10. The Morgan fingerprint density at radius 1 is 0.800 bits per heavy atom. The fourth-order valence-corrected chi connectivity index (χ4v) is 3.29. The van der Waals surface area contributed by atoms with Gasteiger partial charge in [0.25, 0.3) is 0 Å². The molecule has 0 unspecified atom stereocenters. The van der Waals surface area contributed by atoms with Gasteiger partial charge in [0.1, 0.15) is 21.8 Å². The first kappa shape index (κ1) is 33.8. The van der Waals surface area contributed by atoms with E-state index in [0.717, 1.165) is 31.0 Å². The van der Waals surface area contributed by atoms with E-state index < -0.39 is 4.30 Å². The summed E-state index contributed by atoms with van der Waals surface area (Å²) >= 11 is 42.0. The monoisotopic (exact) mass is 894 g/mol. The van der Waals surface area contributed by atoms with Crippen LogP contribution in [-0.2, 0) is 0 Å². The molecule has 0 saturated heterocycles. The van der Waals surface area contributed by atoms with Crippen LogP contribution in [0.5, 0.6) is 11.5 Å². The van der Waals surface area contributed by atoms with Gasteiger partial charge in [-0.1, -0.05) is 58.0 Å². The molecular formula is C20H13BBr5Cl5N2O2. The normalized spacial score (nSPS) is 9.94. The van der Waals surface area contributed by atoms with Crippen molar-refractivity contribution in [3.8, 4) is 11.5 Å². The maximum absolute atomic E-state index is 9.20. The molecule has 0 atom stereocenters. The van der Waals surface area contributed by atoms with Crippen molar-refractivity contribution in [2.75, 3.05) is 7.11 Å². The second-order valence-corrected chi connectivity index (χ2v) is 16.8. The highest BCUT2D eigenvalue weighted by atomic mass is 79.9. The number of ether oxygens (including phenoxy) is 1. The van der Waals surface area contributed by atoms with E-state index in [2.05, 4.69) is 89.1 Å². The average molecular weight is 901 g/mol. The van der Waals surface area contributed by atoms with Crippen molar-refractivity contribution >= 4 is 162 Å². The largest absolute Gasteiger partial charge is 0.508 e. The highest BCUT2D eigenvalue weighted by molar-refractivity contribution is 9.69. The van der Waals surface area contributed by atoms with E-state index in [1.54, 1.807) is 25.3 Å². The molecule has 2 aromatic carbocycles. The fourth-order valence-electron chi connectivity index (χ4n) is 2.33. The highest BCUT2D eigenvalue weighted by Crippen LogP contribution is 2.28. The van der Waals surface area contributed by atoms with Crippen molar-refractivity contribution in [3.05, 3.63) is 67.8 Å². The van der Waals surface area contributed by atoms with Gasteiger partial charge in [-0.05, 0) is 68.3 Å². The van der Waals surface area contributed by atoms with Gasteiger partial charge in [0, 0.05) is 22.9 Å². The Hall–Kier alpha value is 0.775. The third-order valence-corrected chi connectivity index (χ3v) is 5.89. The van der Waals surface area contributed by atoms with Crippen molar-refractivity contribution in [1.82, 2.24) is 9.97 Å². The van der Waals surface area contributed by atoms with Crippen molar-refractivity contribution in [2.24, 2.45) is 0 Å². The average Bonchev–Trinajstić information content (AvgIpc) is 2.75. The number of aromatic hydroxyl groups is 1. The lowest BCUT2D eigenvalue weighted by molar-refractivity contribution is 0.415. The molecular weight excluding hydrogens is 888 g/mol. The SMILES string of the molecule is BrB(Br)Br.COc1ccc2cc(Br)c(Cl)nc2c1.ClC(Cl)Cl.Oc1ccc2cc(Br)c(Cl)nc2c1. The zero-order valence-corrected chi connectivity index (χ0v) is 29.0. The van der Waals surface area contributed by atoms with Crippen LogP contribution in [0.4, 0.5) is 0 Å². The number of nitrogens with zero attached hydrogens (tertiary/aromatic N) is 2. The highest BCUT2D eigenvalue weighted by Gasteiger charge is 2.03. The van der Waals surface area contributed by atoms with Gasteiger partial charge in [-0.2, -0.15) is 0 Å². The Morgan fingerprint density at radius 2 is 1.20 bits per heavy atom. The minimum atomic E-state index is -0.750. The number of fused-ring (bicyclic) bond motifs is 2. The molecule has 0 bridgehead atoms. The van der Waals surface area contributed by atoms with E-state index in [1.807, 2.05) is 30.3 Å². The van der Waals surface area contributed by atoms with Crippen LogP contribution in [-0.4, -0.2) is 29.7 Å². The molecule has 15 heteroatoms. The summed E-state index contributed by atoms with van der Waals surface area (Å²) in [6, 6.07) is 14.5. The first-order valence-corrected chi connectivity index (χ1v) is 15.3. The minimum Gasteiger partial charge on any atom is -0.508 e. The predicted octanol–water partition coefficient (Wildman–Crippen LogP) is 11.2. The molecule has 0 aliphatic heterocycles. The van der Waals surface area contributed by atoms with Crippen molar-refractivity contribution in [3.63, 3.8) is 0 Å². The third-order valence-electron chi connectivity index (χ3n) is 3.65. The molecule has 0 saturated carbocycles. The lowest BCUT2D eigenvalue weighted by atomic mass is 10.2. The number of hydrogen-bond donors (Lipinski definition) is 1. The number of methoxy groups -OCH3 is 1. The van der Waals surface area contributed by atoms with Crippen LogP contribution in [0.3, 0.4) is 0 Å². The van der Waals surface area contributed by atoms with Crippen LogP contribution in [0.15, 0.2) is 57.5 Å². The zero-order valence-electron chi connectivity index (χ0n) is 17.3. The van der Waals surface area contributed by atoms with Gasteiger partial charge in [0.2, 0.25) is 0 Å². The molecule has 1 N–H and O–H groups in total. The molecule has 4 nitrogen and oxygen atoms in total. The lowest BCUT2D eigenvalue weighted by Crippen LogP contribution is -1.85. The summed E-state index contributed by atoms with van der Waals surface area (Å²) in [7, 11) is 1.63. The van der Waals surface area contributed by atoms with Gasteiger partial charge in [-0.3, -0.25) is 0 Å². The summed E-state index contributed by atoms with van der Waals surface area (Å²) in [5.41, 5.74) is 1.52. The molecule has 2 heterocycles. The molecule has 0 aliphatic rings. The summed E-state index contributed by atoms with van der Waals surface area (Å²) in [6.45, 7) is 0. The minimum absolute atomic E-state index is 0.193. The first-order valence-electron chi connectivity index (χ1n) is 8.93. The molecule has 2 aromatic heterocycles. The Balaban J connectivity index is 0.000000270. The van der Waals surface area contributed by atoms with E-state index in [0.29, 0.717) is 15.8 Å². The van der Waals surface area contributed by atoms with Gasteiger partial charge in [0.05, 0.1) is 27.1 Å². The van der Waals surface area contributed by atoms with Crippen LogP contribution in [0.25, 0.3) is 21.8 Å². The van der Waals surface area contributed by atoms with Gasteiger partial charge in [0.15, 0.2) is 4.30 Å². The molecule has 4 rings (SSSR count). The summed E-state index contributed by atoms with van der Waals surface area (Å²) in [6.07, 6.45) is 0. The van der Waals surface area contributed by atoms with E-state index in [4.69, 9.17) is 62.7 Å². The summed E-state index contributed by atoms with van der Waals surface area (Å²) in [5.74, 6) is 0.974. The van der Waals surface area contributed by atoms with Crippen molar-refractivity contribution < 1.29 is 9.84 Å². The molecule has 35 heavy (non-hydrogen) atoms. The molecule has 4 aromatic rings. The van der Waals surface area contributed by atoms with E-state index in [9.17, 15) is 5.11 Å². The zero-order chi connectivity index (χ0) is 26.7. The van der Waals surface area contributed by atoms with Gasteiger partial charge in [-0.25, -0.2) is 9.97 Å². The van der Waals surface area contributed by atoms with Crippen molar-refractivity contribution in [1.29, 1.82) is 0 Å². The second-order valence-electron chi connectivity index (χ2n) is 5.95. The molecule has 0 aliphatic carbocycles. The first-order chi connectivity index (χ1) is 16.3. The topological polar surface area (TPSA) is 55.2 Å². The predicted molar refractivity (Wildman–Crippen MR) is 171 cm³/mol. The number of aromatic nitrogens is 2. The summed E-state index contributed by atoms with van der Waals surface area (Å²) < 4.78 is 6.18. The number of rotatable bonds is 1. The second kappa shape index (κ2) is 17.4. The van der Waals surface area contributed by atoms with Crippen LogP contribution in [0, 0.1) is 0 Å². The van der Waals surface area contributed by atoms with Gasteiger partial charge >= 0.3 is 3.18 Å². The molecule has 0 spiro atoms. The third kappa shape index (κ3) is 13.4. The smallest absolute Gasteiger partial charge is 0.369 e. The molecule has 188 valence electrons. The number of phenolic OH excluding ortho intramolecular Hbond substituents is 1. The van der Waals surface area contributed by atoms with E-state index in [1.165, 1.54) is 0 Å². The van der Waals surface area contributed by atoms with E-state index in [-0.39, 0.29) is 8.93 Å². The van der Waals surface area contributed by atoms with Crippen LogP contribution in [0.1, 0.15) is 0 Å². The molecule has 0 amide bonds. The maximum atomic E-state index is 9.20. The fraction of sp³-hybridized carbons (Fsp3) is 0.100. The van der Waals surface area contributed by atoms with E-state index >= 15 is 0 Å². The number of hydrogen-bond acceptors (Lipinski definition) is 4. The number of pyridine rings is 2. The Labute approximate surface area is 269 Å². The van der Waals surface area contributed by atoms with Gasteiger partial charge in [-0.15, -0.1) is 47.3 Å². The molecule has 0 fully saturated rings. The van der Waals surface area contributed by atoms with Crippen LogP contribution < -0.4 is 4.74 Å². The Kier molecular flexibility index (Phi) is 16.8. The Morgan fingerprint density at radius 3 is 1.63 bits per heavy atom. The standard InChI is InChI=1S/C10H7BrClNO.C9H5BrClNO.CHCl3.BBr3/c1-14-7-3-2-6-4-8(11)10(12)13-9(6)5-7;10-7-3-5-1-2-6(13)4-8(5)12-9(7)11;2*2-1(3)4/h2-5H,1H3;1-4,13H;1H;. The number of benzene rings is 2. The van der Waals surface area contributed by atoms with Crippen LogP contribution >= 0.6 is 137 Å². The molecule has 0 radical (unpaired) electrons. The maximum Gasteiger partial charge on any atom is 0.369 e. The lowest BCUT2D eigenvalue weighted by Gasteiger charge is -2.03. The number of alkyl halides is 3. The van der Waals surface area contributed by atoms with Crippen molar-refractivity contribution in [2.45, 2.75) is 4.30 Å². The summed E-state index contributed by atoms with van der Waals surface area (Å²) in [5, 5.41) is 12.0. The quantitative estimate of drug-likeness (QED) is 0.117. The van der Waals surface area contributed by atoms with Gasteiger partial charge < -0.3 is 9.84 Å². The summed E-state index contributed by atoms with van der Waals surface area (Å²) in [4.78, 5) is 8.32. The number of phenols is 1.